The molecule has 0 bridgehead atoms. The number of benzene rings is 8. The van der Waals surface area contributed by atoms with Crippen molar-refractivity contribution in [2.24, 2.45) is 0 Å². The number of rotatable bonds is 5. The first-order valence-corrected chi connectivity index (χ1v) is 16.8. The summed E-state index contributed by atoms with van der Waals surface area (Å²) >= 11 is 0. The zero-order valence-electron chi connectivity index (χ0n) is 27.2. The van der Waals surface area contributed by atoms with Crippen molar-refractivity contribution in [1.29, 1.82) is 0 Å². The summed E-state index contributed by atoms with van der Waals surface area (Å²) in [6, 6.07) is 64.4. The van der Waals surface area contributed by atoms with Crippen molar-refractivity contribution in [3.8, 4) is 33.4 Å². The van der Waals surface area contributed by atoms with Gasteiger partial charge >= 0.3 is 0 Å². The van der Waals surface area contributed by atoms with E-state index in [0.717, 1.165) is 17.1 Å². The van der Waals surface area contributed by atoms with Crippen molar-refractivity contribution in [3.05, 3.63) is 187 Å². The number of hydrogen-bond donors (Lipinski definition) is 0. The molecule has 0 radical (unpaired) electrons. The zero-order chi connectivity index (χ0) is 32.2. The van der Waals surface area contributed by atoms with Crippen molar-refractivity contribution in [1.82, 2.24) is 0 Å². The van der Waals surface area contributed by atoms with E-state index in [2.05, 4.69) is 195 Å². The maximum absolute atomic E-state index is 2.41. The van der Waals surface area contributed by atoms with Crippen LogP contribution in [0.25, 0.3) is 54.9 Å². The lowest BCUT2D eigenvalue weighted by Crippen LogP contribution is -2.16. The third-order valence-corrected chi connectivity index (χ3v) is 10.3. The van der Waals surface area contributed by atoms with Crippen molar-refractivity contribution < 1.29 is 0 Å². The molecule has 1 heteroatoms. The smallest absolute Gasteiger partial charge is 0.0465 e. The van der Waals surface area contributed by atoms with Crippen molar-refractivity contribution in [2.45, 2.75) is 19.3 Å². The van der Waals surface area contributed by atoms with Gasteiger partial charge in [0, 0.05) is 22.5 Å². The molecule has 1 aliphatic carbocycles. The van der Waals surface area contributed by atoms with Gasteiger partial charge in [-0.2, -0.15) is 0 Å². The van der Waals surface area contributed by atoms with Gasteiger partial charge in [-0.25, -0.2) is 0 Å². The quantitative estimate of drug-likeness (QED) is 0.187. The van der Waals surface area contributed by atoms with Gasteiger partial charge in [0.05, 0.1) is 0 Å². The Labute approximate surface area is 282 Å². The molecule has 0 unspecified atom stereocenters. The van der Waals surface area contributed by atoms with Gasteiger partial charge in [-0.3, -0.25) is 0 Å². The van der Waals surface area contributed by atoms with Crippen LogP contribution in [0.4, 0.5) is 17.1 Å². The highest BCUT2D eigenvalue weighted by molar-refractivity contribution is 5.97. The fraction of sp³-hybridized carbons (Fsp3) is 0.0638. The maximum Gasteiger partial charge on any atom is 0.0465 e. The summed E-state index contributed by atoms with van der Waals surface area (Å²) < 4.78 is 0. The number of anilines is 3. The molecular formula is C47H35N. The summed E-state index contributed by atoms with van der Waals surface area (Å²) in [5, 5.41) is 5.05. The van der Waals surface area contributed by atoms with E-state index in [4.69, 9.17) is 0 Å². The summed E-state index contributed by atoms with van der Waals surface area (Å²) in [4.78, 5) is 2.40. The van der Waals surface area contributed by atoms with Crippen molar-refractivity contribution >= 4 is 38.6 Å². The molecule has 0 aromatic heterocycles. The third-order valence-electron chi connectivity index (χ3n) is 10.3. The minimum absolute atomic E-state index is 0.0776. The molecule has 9 rings (SSSR count). The molecule has 0 fully saturated rings. The highest BCUT2D eigenvalue weighted by Crippen LogP contribution is 2.50. The summed E-state index contributed by atoms with van der Waals surface area (Å²) in [6.07, 6.45) is 0. The molecule has 1 nitrogen and oxygen atoms in total. The standard InChI is InChI=1S/C47H35N/c1-47(2)45-17-8-7-15-43(45)44-29-28-40(31-46(44)47)48(38-24-20-33(21-25-38)37-19-18-32-10-3-4-12-36(32)30-37)39-26-22-35(23-27-39)42-16-9-13-34-11-5-6-14-41(34)42/h3-31H,1-2H3. The van der Waals surface area contributed by atoms with E-state index in [9.17, 15) is 0 Å². The van der Waals surface area contributed by atoms with Gasteiger partial charge in [-0.1, -0.05) is 147 Å². The summed E-state index contributed by atoms with van der Waals surface area (Å²) in [6.45, 7) is 4.70. The van der Waals surface area contributed by atoms with E-state index in [1.807, 2.05) is 0 Å². The van der Waals surface area contributed by atoms with Crippen LogP contribution in [0.3, 0.4) is 0 Å². The van der Waals surface area contributed by atoms with Crippen molar-refractivity contribution in [3.63, 3.8) is 0 Å². The van der Waals surface area contributed by atoms with Gasteiger partial charge in [-0.05, 0) is 109 Å². The average molecular weight is 614 g/mol. The molecule has 0 heterocycles. The zero-order valence-corrected chi connectivity index (χ0v) is 27.2. The average Bonchev–Trinajstić information content (AvgIpc) is 3.37. The minimum Gasteiger partial charge on any atom is -0.310 e. The van der Waals surface area contributed by atoms with Gasteiger partial charge < -0.3 is 4.90 Å². The molecule has 0 saturated heterocycles. The van der Waals surface area contributed by atoms with E-state index in [1.165, 1.54) is 66.1 Å². The second kappa shape index (κ2) is 11.1. The molecule has 48 heavy (non-hydrogen) atoms. The number of hydrogen-bond acceptors (Lipinski definition) is 1. The largest absolute Gasteiger partial charge is 0.310 e. The summed E-state index contributed by atoms with van der Waals surface area (Å²) in [7, 11) is 0. The Balaban J connectivity index is 1.15. The van der Waals surface area contributed by atoms with E-state index >= 15 is 0 Å². The lowest BCUT2D eigenvalue weighted by Gasteiger charge is -2.28. The van der Waals surface area contributed by atoms with Crippen LogP contribution in [0, 0.1) is 0 Å². The Kier molecular flexibility index (Phi) is 6.55. The van der Waals surface area contributed by atoms with E-state index < -0.39 is 0 Å². The molecule has 0 aliphatic heterocycles. The van der Waals surface area contributed by atoms with E-state index in [0.29, 0.717) is 0 Å². The van der Waals surface area contributed by atoms with Crippen LogP contribution in [0.2, 0.25) is 0 Å². The van der Waals surface area contributed by atoms with Gasteiger partial charge in [0.2, 0.25) is 0 Å². The second-order valence-electron chi connectivity index (χ2n) is 13.4. The minimum atomic E-state index is -0.0776. The van der Waals surface area contributed by atoms with Crippen LogP contribution in [0.5, 0.6) is 0 Å². The lowest BCUT2D eigenvalue weighted by molar-refractivity contribution is 0.660. The topological polar surface area (TPSA) is 3.24 Å². The Morgan fingerprint density at radius 2 is 0.917 bits per heavy atom. The first-order valence-electron chi connectivity index (χ1n) is 16.8. The van der Waals surface area contributed by atoms with Gasteiger partial charge in [0.15, 0.2) is 0 Å². The Morgan fingerprint density at radius 3 is 1.71 bits per heavy atom. The fourth-order valence-electron chi connectivity index (χ4n) is 7.72. The normalized spacial score (nSPS) is 13.0. The van der Waals surface area contributed by atoms with Crippen LogP contribution >= 0.6 is 0 Å². The monoisotopic (exact) mass is 613 g/mol. The fourth-order valence-corrected chi connectivity index (χ4v) is 7.72. The summed E-state index contributed by atoms with van der Waals surface area (Å²) in [5.74, 6) is 0. The van der Waals surface area contributed by atoms with Gasteiger partial charge in [-0.15, -0.1) is 0 Å². The Hall–Kier alpha value is -5.92. The first kappa shape index (κ1) is 28.3. The maximum atomic E-state index is 2.41. The van der Waals surface area contributed by atoms with Gasteiger partial charge in [0.1, 0.15) is 0 Å². The van der Waals surface area contributed by atoms with Crippen LogP contribution in [-0.4, -0.2) is 0 Å². The van der Waals surface area contributed by atoms with Crippen LogP contribution in [0.15, 0.2) is 176 Å². The molecule has 0 N–H and O–H groups in total. The van der Waals surface area contributed by atoms with Crippen LogP contribution in [-0.2, 0) is 5.41 Å². The molecule has 0 amide bonds. The Morgan fingerprint density at radius 1 is 0.354 bits per heavy atom. The Bertz CT molecular complexity index is 2460. The molecule has 0 saturated carbocycles. The summed E-state index contributed by atoms with van der Waals surface area (Å²) in [5.41, 5.74) is 13.7. The molecule has 8 aromatic rings. The first-order chi connectivity index (χ1) is 23.5. The molecule has 8 aromatic carbocycles. The SMILES string of the molecule is CC1(C)c2ccccc2-c2ccc(N(c3ccc(-c4ccc5ccccc5c4)cc3)c3ccc(-c4cccc5ccccc45)cc3)cc21. The molecule has 1 aliphatic rings. The number of nitrogens with zero attached hydrogens (tertiary/aromatic N) is 1. The molecule has 228 valence electrons. The van der Waals surface area contributed by atoms with E-state index in [-0.39, 0.29) is 5.41 Å². The van der Waals surface area contributed by atoms with Crippen LogP contribution in [0.1, 0.15) is 25.0 Å². The van der Waals surface area contributed by atoms with Crippen LogP contribution < -0.4 is 4.90 Å². The second-order valence-corrected chi connectivity index (χ2v) is 13.4. The van der Waals surface area contributed by atoms with E-state index in [1.54, 1.807) is 0 Å². The predicted molar refractivity (Wildman–Crippen MR) is 205 cm³/mol. The van der Waals surface area contributed by atoms with Gasteiger partial charge in [0.25, 0.3) is 0 Å². The van der Waals surface area contributed by atoms with Crippen molar-refractivity contribution in [2.75, 3.05) is 4.90 Å². The predicted octanol–water partition coefficient (Wildman–Crippen LogP) is 13.1. The molecule has 0 atom stereocenters. The highest BCUT2D eigenvalue weighted by Gasteiger charge is 2.35. The number of fused-ring (bicyclic) bond motifs is 5. The lowest BCUT2D eigenvalue weighted by atomic mass is 9.82. The molecule has 0 spiro atoms. The highest BCUT2D eigenvalue weighted by atomic mass is 15.1. The third kappa shape index (κ3) is 4.62. The molecular weight excluding hydrogens is 579 g/mol.